The summed E-state index contributed by atoms with van der Waals surface area (Å²) in [6, 6.07) is 8.16. The first-order valence-electron chi connectivity index (χ1n) is 13.7. The second-order valence-corrected chi connectivity index (χ2v) is 12.0. The highest BCUT2D eigenvalue weighted by atomic mass is 35.5. The number of aromatic nitrogens is 4. The van der Waals surface area contributed by atoms with Gasteiger partial charge >= 0.3 is 0 Å². The number of rotatable bonds is 4. The molecule has 0 amide bonds. The Kier molecular flexibility index (Phi) is 21.6. The molecule has 0 aliphatic rings. The average Bonchev–Trinajstić information content (AvgIpc) is 2.90. The van der Waals surface area contributed by atoms with E-state index >= 15 is 0 Å². The Morgan fingerprint density at radius 3 is 1.42 bits per heavy atom. The second kappa shape index (κ2) is 21.9. The van der Waals surface area contributed by atoms with Crippen molar-refractivity contribution in [3.05, 3.63) is 122 Å². The molecule has 4 aromatic rings. The van der Waals surface area contributed by atoms with E-state index < -0.39 is 0 Å². The zero-order chi connectivity index (χ0) is 31.1. The standard InChI is InChI=1S/C9H12ClN.C8H9Cl2NO.2C8H11N.2CH4/c1-6(2)9-7(3)4-11-5-8(9)10;1-5(2)8-6(9)3-11(12)4-7(8)10;1-7(2)8-3-5-9-6-4-8;1-7(2)8-4-3-5-9-6-8;;/h4-6H,1-3H3;3-5H,1-2H3;2*3-7H,1-2H3;2*1H4. The lowest BCUT2D eigenvalue weighted by Crippen LogP contribution is -2.25. The van der Waals surface area contributed by atoms with Crippen LogP contribution in [0.3, 0.4) is 0 Å². The van der Waals surface area contributed by atoms with E-state index in [0.717, 1.165) is 10.6 Å². The van der Waals surface area contributed by atoms with Gasteiger partial charge in [0.1, 0.15) is 10.0 Å². The molecule has 0 aliphatic heterocycles. The van der Waals surface area contributed by atoms with Crippen molar-refractivity contribution in [2.45, 2.75) is 101 Å². The Morgan fingerprint density at radius 2 is 1.09 bits per heavy atom. The molecule has 0 atom stereocenters. The molecule has 238 valence electrons. The molecule has 0 saturated heterocycles. The summed E-state index contributed by atoms with van der Waals surface area (Å²) in [6.07, 6.45) is 13.5. The quantitative estimate of drug-likeness (QED) is 0.163. The van der Waals surface area contributed by atoms with Crippen molar-refractivity contribution in [2.24, 2.45) is 0 Å². The molecule has 0 spiro atoms. The predicted octanol–water partition coefficient (Wildman–Crippen LogP) is 11.6. The summed E-state index contributed by atoms with van der Waals surface area (Å²) in [6.45, 7) is 18.9. The van der Waals surface area contributed by atoms with Crippen LogP contribution in [0.4, 0.5) is 0 Å². The minimum atomic E-state index is 0. The second-order valence-electron chi connectivity index (χ2n) is 10.8. The maximum Gasteiger partial charge on any atom is 0.199 e. The van der Waals surface area contributed by atoms with E-state index in [9.17, 15) is 5.21 Å². The van der Waals surface area contributed by atoms with Crippen LogP contribution in [0.5, 0.6) is 0 Å². The lowest BCUT2D eigenvalue weighted by atomic mass is 10.0. The van der Waals surface area contributed by atoms with Crippen LogP contribution in [0.15, 0.2) is 73.8 Å². The third-order valence-corrected chi connectivity index (χ3v) is 6.92. The van der Waals surface area contributed by atoms with Gasteiger partial charge in [-0.3, -0.25) is 15.0 Å². The topological polar surface area (TPSA) is 65.6 Å². The summed E-state index contributed by atoms with van der Waals surface area (Å²) < 4.78 is 0.608. The fourth-order valence-corrected chi connectivity index (χ4v) is 5.11. The van der Waals surface area contributed by atoms with Gasteiger partial charge in [0.15, 0.2) is 12.4 Å². The minimum Gasteiger partial charge on any atom is -0.619 e. The Labute approximate surface area is 276 Å². The molecule has 0 radical (unpaired) electrons. The van der Waals surface area contributed by atoms with Crippen LogP contribution >= 0.6 is 34.8 Å². The summed E-state index contributed by atoms with van der Waals surface area (Å²) in [5.74, 6) is 1.92. The van der Waals surface area contributed by atoms with Crippen LogP contribution in [0.1, 0.15) is 122 Å². The molecule has 4 heterocycles. The van der Waals surface area contributed by atoms with Gasteiger partial charge in [-0.15, -0.1) is 0 Å². The van der Waals surface area contributed by atoms with Gasteiger partial charge in [-0.2, -0.15) is 4.73 Å². The number of hydrogen-bond donors (Lipinski definition) is 0. The van der Waals surface area contributed by atoms with Crippen LogP contribution in [0, 0.1) is 12.1 Å². The Morgan fingerprint density at radius 1 is 0.581 bits per heavy atom. The van der Waals surface area contributed by atoms with Gasteiger partial charge < -0.3 is 5.21 Å². The highest BCUT2D eigenvalue weighted by Gasteiger charge is 2.13. The van der Waals surface area contributed by atoms with E-state index in [2.05, 4.69) is 62.6 Å². The number of hydrogen-bond acceptors (Lipinski definition) is 4. The summed E-state index contributed by atoms with van der Waals surface area (Å²) >= 11 is 17.6. The van der Waals surface area contributed by atoms with E-state index in [1.165, 1.54) is 34.6 Å². The average molecular weight is 650 g/mol. The monoisotopic (exact) mass is 648 g/mol. The molecule has 0 unspecified atom stereocenters. The molecule has 4 rings (SSSR count). The molecule has 0 aliphatic carbocycles. The highest BCUT2D eigenvalue weighted by molar-refractivity contribution is 6.35. The number of pyridine rings is 4. The maximum atomic E-state index is 10.8. The molecule has 0 fully saturated rings. The Hall–Kier alpha value is -2.73. The fourth-order valence-electron chi connectivity index (χ4n) is 3.80. The summed E-state index contributed by atoms with van der Waals surface area (Å²) in [7, 11) is 0. The Bertz CT molecular complexity index is 1210. The number of halogens is 3. The SMILES string of the molecule is C.C.CC(C)c1c(Cl)c[n+]([O-])cc1Cl.CC(C)c1cccnc1.CC(C)c1ccncc1.Cc1cncc(Cl)c1C(C)C. The van der Waals surface area contributed by atoms with Crippen LogP contribution in [-0.2, 0) is 0 Å². The maximum absolute atomic E-state index is 10.8. The van der Waals surface area contributed by atoms with Gasteiger partial charge in [-0.25, -0.2) is 0 Å². The summed E-state index contributed by atoms with van der Waals surface area (Å²) in [4.78, 5) is 11.9. The van der Waals surface area contributed by atoms with Crippen molar-refractivity contribution in [3.63, 3.8) is 0 Å². The molecule has 5 nitrogen and oxygen atoms in total. The van der Waals surface area contributed by atoms with Crippen molar-refractivity contribution < 1.29 is 4.73 Å². The largest absolute Gasteiger partial charge is 0.619 e. The lowest BCUT2D eigenvalue weighted by molar-refractivity contribution is -0.605. The molecule has 0 bridgehead atoms. The fraction of sp³-hybridized carbons (Fsp3) is 0.429. The van der Waals surface area contributed by atoms with Crippen LogP contribution < -0.4 is 4.73 Å². The highest BCUT2D eigenvalue weighted by Crippen LogP contribution is 2.29. The molecule has 0 N–H and O–H groups in total. The van der Waals surface area contributed by atoms with E-state index in [1.807, 2.05) is 63.8 Å². The van der Waals surface area contributed by atoms with Gasteiger partial charge in [0.25, 0.3) is 0 Å². The van der Waals surface area contributed by atoms with Crippen LogP contribution in [0.2, 0.25) is 15.1 Å². The third kappa shape index (κ3) is 15.5. The first-order valence-corrected chi connectivity index (χ1v) is 14.9. The van der Waals surface area contributed by atoms with E-state index in [0.29, 0.717) is 32.5 Å². The molecule has 0 saturated carbocycles. The van der Waals surface area contributed by atoms with Gasteiger partial charge in [0.2, 0.25) is 0 Å². The molecule has 8 heteroatoms. The summed E-state index contributed by atoms with van der Waals surface area (Å²) in [5, 5.41) is 12.5. The van der Waals surface area contributed by atoms with Crippen molar-refractivity contribution >= 4 is 34.8 Å². The van der Waals surface area contributed by atoms with Gasteiger partial charge in [0.05, 0.1) is 5.02 Å². The van der Waals surface area contributed by atoms with E-state index in [1.54, 1.807) is 12.4 Å². The van der Waals surface area contributed by atoms with Crippen LogP contribution in [0.25, 0.3) is 0 Å². The molecule has 0 aromatic carbocycles. The van der Waals surface area contributed by atoms with E-state index in [4.69, 9.17) is 34.8 Å². The third-order valence-electron chi connectivity index (χ3n) is 6.01. The van der Waals surface area contributed by atoms with Crippen LogP contribution in [-0.4, -0.2) is 15.0 Å². The summed E-state index contributed by atoms with van der Waals surface area (Å²) in [5.41, 5.74) is 5.86. The zero-order valence-electron chi connectivity index (χ0n) is 25.6. The molecular weight excluding hydrogens is 599 g/mol. The van der Waals surface area contributed by atoms with Crippen molar-refractivity contribution in [1.82, 2.24) is 15.0 Å². The first-order chi connectivity index (χ1) is 19.3. The van der Waals surface area contributed by atoms with Gasteiger partial charge in [-0.05, 0) is 71.0 Å². The van der Waals surface area contributed by atoms with E-state index in [-0.39, 0.29) is 20.8 Å². The lowest BCUT2D eigenvalue weighted by Gasteiger charge is -2.09. The number of aryl methyl sites for hydroxylation is 1. The Balaban J connectivity index is 0. The molecule has 43 heavy (non-hydrogen) atoms. The normalized spacial score (nSPS) is 9.95. The minimum absolute atomic E-state index is 0. The molecule has 4 aromatic heterocycles. The zero-order valence-corrected chi connectivity index (χ0v) is 27.8. The van der Waals surface area contributed by atoms with Crippen molar-refractivity contribution in [1.29, 1.82) is 0 Å². The van der Waals surface area contributed by atoms with Gasteiger partial charge in [-0.1, -0.05) is 111 Å². The molecular formula is C35H51Cl3N4O. The van der Waals surface area contributed by atoms with Gasteiger partial charge in [0, 0.05) is 42.7 Å². The van der Waals surface area contributed by atoms with Crippen molar-refractivity contribution in [2.75, 3.05) is 0 Å². The smallest absolute Gasteiger partial charge is 0.199 e. The number of nitrogens with zero attached hydrogens (tertiary/aromatic N) is 4. The first kappa shape index (κ1) is 42.4. The van der Waals surface area contributed by atoms with Crippen molar-refractivity contribution in [3.8, 4) is 0 Å². The predicted molar refractivity (Wildman–Crippen MR) is 188 cm³/mol.